The quantitative estimate of drug-likeness (QED) is 0.466. The number of rotatable bonds is 6. The van der Waals surface area contributed by atoms with E-state index in [0.717, 1.165) is 17.6 Å². The molecule has 152 valence electrons. The van der Waals surface area contributed by atoms with Crippen LogP contribution in [0.1, 0.15) is 21.6 Å². The van der Waals surface area contributed by atoms with E-state index in [1.807, 2.05) is 69.9 Å². The first-order valence-electron chi connectivity index (χ1n) is 9.98. The Kier molecular flexibility index (Phi) is 4.98. The van der Waals surface area contributed by atoms with E-state index in [1.54, 1.807) is 18.7 Å². The van der Waals surface area contributed by atoms with E-state index in [1.165, 1.54) is 5.56 Å². The minimum absolute atomic E-state index is 0.226. The van der Waals surface area contributed by atoms with Gasteiger partial charge in [0.1, 0.15) is 5.69 Å². The van der Waals surface area contributed by atoms with Gasteiger partial charge in [-0.2, -0.15) is 0 Å². The van der Waals surface area contributed by atoms with Gasteiger partial charge in [0.15, 0.2) is 11.5 Å². The number of amides is 1. The number of fused-ring (bicyclic) bond motifs is 1. The third kappa shape index (κ3) is 3.93. The lowest BCUT2D eigenvalue weighted by Gasteiger charge is -2.03. The van der Waals surface area contributed by atoms with Gasteiger partial charge in [-0.1, -0.05) is 36.4 Å². The van der Waals surface area contributed by atoms with Crippen LogP contribution in [0, 0.1) is 0 Å². The molecule has 0 aliphatic rings. The van der Waals surface area contributed by atoms with Crippen molar-refractivity contribution in [2.45, 2.75) is 13.1 Å². The van der Waals surface area contributed by atoms with Crippen LogP contribution < -0.4 is 5.32 Å². The Hall–Kier alpha value is -4.26. The maximum atomic E-state index is 12.9. The molecule has 0 unspecified atom stereocenters. The van der Waals surface area contributed by atoms with Crippen molar-refractivity contribution in [3.8, 4) is 11.5 Å². The van der Waals surface area contributed by atoms with E-state index in [9.17, 15) is 4.79 Å². The maximum Gasteiger partial charge on any atom is 0.272 e. The average Bonchev–Trinajstić information content (AvgIpc) is 3.43. The first kappa shape index (κ1) is 18.7. The van der Waals surface area contributed by atoms with E-state index in [-0.39, 0.29) is 5.91 Å². The summed E-state index contributed by atoms with van der Waals surface area (Å²) in [5, 5.41) is 2.94. The van der Waals surface area contributed by atoms with Crippen molar-refractivity contribution < 1.29 is 4.79 Å². The zero-order chi connectivity index (χ0) is 21.0. The van der Waals surface area contributed by atoms with Crippen LogP contribution >= 0.6 is 0 Å². The van der Waals surface area contributed by atoms with Gasteiger partial charge in [-0.3, -0.25) is 14.2 Å². The predicted octanol–water partition coefficient (Wildman–Crippen LogP) is 3.57. The summed E-state index contributed by atoms with van der Waals surface area (Å²) in [5.41, 5.74) is 4.00. The summed E-state index contributed by atoms with van der Waals surface area (Å²) in [6, 6.07) is 19.6. The number of carbonyl (C=O) groups is 1. The summed E-state index contributed by atoms with van der Waals surface area (Å²) >= 11 is 0. The fourth-order valence-corrected chi connectivity index (χ4v) is 3.51. The van der Waals surface area contributed by atoms with Crippen LogP contribution in [0.5, 0.6) is 0 Å². The molecular formula is C24H20N6O. The van der Waals surface area contributed by atoms with E-state index in [0.29, 0.717) is 23.8 Å². The van der Waals surface area contributed by atoms with Crippen LogP contribution in [0.4, 0.5) is 0 Å². The monoisotopic (exact) mass is 408 g/mol. The van der Waals surface area contributed by atoms with Crippen LogP contribution in [0.25, 0.3) is 17.0 Å². The van der Waals surface area contributed by atoms with E-state index >= 15 is 0 Å². The fraction of sp³-hybridized carbons (Fsp3) is 0.0833. The van der Waals surface area contributed by atoms with E-state index in [2.05, 4.69) is 32.4 Å². The second kappa shape index (κ2) is 8.23. The van der Waals surface area contributed by atoms with Gasteiger partial charge >= 0.3 is 0 Å². The van der Waals surface area contributed by atoms with Crippen molar-refractivity contribution in [1.29, 1.82) is 0 Å². The molecule has 0 bridgehead atoms. The summed E-state index contributed by atoms with van der Waals surface area (Å²) < 4.78 is 3.91. The van der Waals surface area contributed by atoms with Gasteiger partial charge in [-0.25, -0.2) is 9.97 Å². The Labute approximate surface area is 179 Å². The van der Waals surface area contributed by atoms with E-state index in [4.69, 9.17) is 0 Å². The van der Waals surface area contributed by atoms with Gasteiger partial charge in [-0.15, -0.1) is 0 Å². The number of nitrogens with one attached hydrogen (secondary N) is 1. The Bertz CT molecular complexity index is 1320. The first-order chi connectivity index (χ1) is 15.3. The van der Waals surface area contributed by atoms with Gasteiger partial charge in [0.05, 0.1) is 11.8 Å². The molecule has 4 aromatic heterocycles. The molecule has 1 N–H and O–H groups in total. The summed E-state index contributed by atoms with van der Waals surface area (Å²) in [6.45, 7) is 1.13. The number of aromatic nitrogens is 5. The smallest absolute Gasteiger partial charge is 0.272 e. The molecular weight excluding hydrogens is 388 g/mol. The molecule has 0 radical (unpaired) electrons. The summed E-state index contributed by atoms with van der Waals surface area (Å²) in [5.74, 6) is 0.409. The largest absolute Gasteiger partial charge is 0.347 e. The first-order valence-corrected chi connectivity index (χ1v) is 9.98. The molecule has 1 aromatic carbocycles. The molecule has 0 spiro atoms. The fourth-order valence-electron chi connectivity index (χ4n) is 3.51. The summed E-state index contributed by atoms with van der Waals surface area (Å²) in [6.07, 6.45) is 9.05. The zero-order valence-corrected chi connectivity index (χ0v) is 16.7. The Morgan fingerprint density at radius 3 is 2.58 bits per heavy atom. The van der Waals surface area contributed by atoms with Crippen LogP contribution in [0.3, 0.4) is 0 Å². The highest BCUT2D eigenvalue weighted by atomic mass is 16.1. The summed E-state index contributed by atoms with van der Waals surface area (Å²) in [7, 11) is 0. The molecule has 0 atom stereocenters. The number of hydrogen-bond acceptors (Lipinski definition) is 4. The van der Waals surface area contributed by atoms with Crippen molar-refractivity contribution >= 4 is 11.4 Å². The zero-order valence-electron chi connectivity index (χ0n) is 16.7. The molecule has 0 aliphatic carbocycles. The predicted molar refractivity (Wildman–Crippen MR) is 117 cm³/mol. The molecule has 5 aromatic rings. The van der Waals surface area contributed by atoms with Crippen molar-refractivity contribution in [3.05, 3.63) is 109 Å². The lowest BCUT2D eigenvalue weighted by molar-refractivity contribution is 0.0948. The van der Waals surface area contributed by atoms with Crippen LogP contribution in [-0.2, 0) is 13.1 Å². The number of hydrogen-bond donors (Lipinski definition) is 1. The highest BCUT2D eigenvalue weighted by molar-refractivity contribution is 5.99. The number of pyridine rings is 2. The second-order valence-corrected chi connectivity index (χ2v) is 7.19. The molecule has 7 nitrogen and oxygen atoms in total. The number of carbonyl (C=O) groups excluding carboxylic acids is 1. The van der Waals surface area contributed by atoms with E-state index < -0.39 is 0 Å². The Morgan fingerprint density at radius 1 is 0.935 bits per heavy atom. The number of benzene rings is 1. The highest BCUT2D eigenvalue weighted by Crippen LogP contribution is 2.22. The Balaban J connectivity index is 1.43. The van der Waals surface area contributed by atoms with Gasteiger partial charge in [0, 0.05) is 37.9 Å². The van der Waals surface area contributed by atoms with Crippen molar-refractivity contribution in [1.82, 2.24) is 29.2 Å². The Morgan fingerprint density at radius 2 is 1.74 bits per heavy atom. The molecule has 0 fully saturated rings. The second-order valence-electron chi connectivity index (χ2n) is 7.19. The molecule has 5 rings (SSSR count). The number of nitrogens with zero attached hydrogens (tertiary/aromatic N) is 5. The molecule has 0 saturated carbocycles. The third-order valence-corrected chi connectivity index (χ3v) is 5.04. The molecule has 1 amide bonds. The van der Waals surface area contributed by atoms with Crippen molar-refractivity contribution in [2.24, 2.45) is 0 Å². The molecule has 7 heteroatoms. The van der Waals surface area contributed by atoms with Gasteiger partial charge in [-0.05, 0) is 35.4 Å². The minimum Gasteiger partial charge on any atom is -0.347 e. The van der Waals surface area contributed by atoms with Gasteiger partial charge in [0.2, 0.25) is 0 Å². The topological polar surface area (TPSA) is 77.1 Å². The lowest BCUT2D eigenvalue weighted by atomic mass is 10.2. The highest BCUT2D eigenvalue weighted by Gasteiger charge is 2.19. The maximum absolute atomic E-state index is 12.9. The molecule has 31 heavy (non-hydrogen) atoms. The van der Waals surface area contributed by atoms with Crippen molar-refractivity contribution in [2.75, 3.05) is 0 Å². The number of imidazole rings is 2. The van der Waals surface area contributed by atoms with Crippen LogP contribution in [0.15, 0.2) is 91.8 Å². The van der Waals surface area contributed by atoms with Crippen LogP contribution in [0.2, 0.25) is 0 Å². The molecule has 4 heterocycles. The van der Waals surface area contributed by atoms with Gasteiger partial charge < -0.3 is 9.88 Å². The SMILES string of the molecule is O=C(NCc1ccncc1)c1nc(-c2cn(Cc3ccccc3)cn2)n2ccccc12. The minimum atomic E-state index is -0.226. The summed E-state index contributed by atoms with van der Waals surface area (Å²) in [4.78, 5) is 26.1. The third-order valence-electron chi connectivity index (χ3n) is 5.04. The molecule has 0 aliphatic heterocycles. The van der Waals surface area contributed by atoms with Crippen molar-refractivity contribution in [3.63, 3.8) is 0 Å². The standard InChI is InChI=1S/C24H20N6O/c31-24(26-14-18-9-11-25-12-10-18)22-21-8-4-5-13-30(21)23(28-22)20-16-29(17-27-20)15-19-6-2-1-3-7-19/h1-13,16-17H,14-15H2,(H,26,31). The lowest BCUT2D eigenvalue weighted by Crippen LogP contribution is -2.23. The van der Waals surface area contributed by atoms with Gasteiger partial charge in [0.25, 0.3) is 5.91 Å². The average molecular weight is 408 g/mol. The normalized spacial score (nSPS) is 11.0. The molecule has 0 saturated heterocycles. The van der Waals surface area contributed by atoms with Crippen LogP contribution in [-0.4, -0.2) is 29.8 Å².